The van der Waals surface area contributed by atoms with Crippen molar-refractivity contribution in [3.05, 3.63) is 0 Å². The first-order chi connectivity index (χ1) is 7.56. The van der Waals surface area contributed by atoms with Gasteiger partial charge in [0.2, 0.25) is 0 Å². The van der Waals surface area contributed by atoms with Gasteiger partial charge in [-0.1, -0.05) is 13.3 Å². The maximum Gasteiger partial charge on any atom is 0.279 e. The van der Waals surface area contributed by atoms with Crippen LogP contribution in [0.2, 0.25) is 0 Å². The third-order valence-corrected chi connectivity index (χ3v) is 4.53. The molecule has 2 N–H and O–H groups in total. The van der Waals surface area contributed by atoms with Gasteiger partial charge in [-0.3, -0.25) is 0 Å². The summed E-state index contributed by atoms with van der Waals surface area (Å²) in [5.74, 6) is 0. The summed E-state index contributed by atoms with van der Waals surface area (Å²) in [6, 6.07) is 0.0929. The van der Waals surface area contributed by atoms with Crippen LogP contribution in [0.15, 0.2) is 0 Å². The molecule has 0 radical (unpaired) electrons. The summed E-state index contributed by atoms with van der Waals surface area (Å²) in [7, 11) is -1.64. The molecule has 0 unspecified atom stereocenters. The number of piperidine rings is 1. The van der Waals surface area contributed by atoms with Crippen molar-refractivity contribution < 1.29 is 8.42 Å². The average molecular weight is 249 g/mol. The number of hydrogen-bond donors (Lipinski definition) is 2. The van der Waals surface area contributed by atoms with Gasteiger partial charge in [-0.15, -0.1) is 0 Å². The Hall–Kier alpha value is -0.170. The van der Waals surface area contributed by atoms with Crippen molar-refractivity contribution in [3.63, 3.8) is 0 Å². The molecule has 5 nitrogen and oxygen atoms in total. The lowest BCUT2D eigenvalue weighted by molar-refractivity contribution is 0.399. The average Bonchev–Trinajstić information content (AvgIpc) is 2.26. The minimum Gasteiger partial charge on any atom is -0.317 e. The van der Waals surface area contributed by atoms with Gasteiger partial charge in [-0.25, -0.2) is 0 Å². The molecule has 0 aromatic carbocycles. The summed E-state index contributed by atoms with van der Waals surface area (Å²) >= 11 is 0. The summed E-state index contributed by atoms with van der Waals surface area (Å²) in [6.07, 6.45) is 3.67. The fraction of sp³-hybridized carbons (Fsp3) is 1.00. The predicted octanol–water partition coefficient (Wildman–Crippen LogP) is 0.305. The smallest absolute Gasteiger partial charge is 0.279 e. The molecule has 0 spiro atoms. The third kappa shape index (κ3) is 4.37. The largest absolute Gasteiger partial charge is 0.317 e. The lowest BCUT2D eigenvalue weighted by atomic mass is 10.1. The van der Waals surface area contributed by atoms with Gasteiger partial charge in [0.15, 0.2) is 0 Å². The summed E-state index contributed by atoms with van der Waals surface area (Å²) in [5, 5.41) is 3.22. The molecule has 96 valence electrons. The van der Waals surface area contributed by atoms with E-state index in [0.717, 1.165) is 38.8 Å². The molecular weight excluding hydrogens is 226 g/mol. The van der Waals surface area contributed by atoms with Crippen molar-refractivity contribution >= 4 is 10.2 Å². The third-order valence-electron chi connectivity index (χ3n) is 2.89. The van der Waals surface area contributed by atoms with E-state index in [0.29, 0.717) is 6.54 Å². The molecule has 6 heteroatoms. The van der Waals surface area contributed by atoms with E-state index in [1.54, 1.807) is 7.05 Å². The van der Waals surface area contributed by atoms with E-state index in [-0.39, 0.29) is 6.04 Å². The van der Waals surface area contributed by atoms with Crippen LogP contribution in [-0.4, -0.2) is 45.4 Å². The van der Waals surface area contributed by atoms with E-state index in [4.69, 9.17) is 0 Å². The van der Waals surface area contributed by atoms with Gasteiger partial charge in [-0.05, 0) is 32.4 Å². The van der Waals surface area contributed by atoms with E-state index in [1.807, 2.05) is 0 Å². The second-order valence-electron chi connectivity index (χ2n) is 4.32. The Balaban J connectivity index is 2.42. The Morgan fingerprint density at radius 3 is 2.56 bits per heavy atom. The zero-order valence-electron chi connectivity index (χ0n) is 10.2. The van der Waals surface area contributed by atoms with Gasteiger partial charge in [0.05, 0.1) is 0 Å². The first-order valence-corrected chi connectivity index (χ1v) is 7.44. The van der Waals surface area contributed by atoms with Gasteiger partial charge < -0.3 is 5.32 Å². The summed E-state index contributed by atoms with van der Waals surface area (Å²) in [5.41, 5.74) is 0. The molecule has 1 aliphatic rings. The number of rotatable bonds is 6. The minimum atomic E-state index is -3.28. The first-order valence-electron chi connectivity index (χ1n) is 6.00. The summed E-state index contributed by atoms with van der Waals surface area (Å²) in [4.78, 5) is 0. The Bertz CT molecular complexity index is 286. The maximum absolute atomic E-state index is 11.9. The molecule has 0 atom stereocenters. The molecule has 1 rings (SSSR count). The standard InChI is InChI=1S/C10H23N3O2S/c1-3-4-9-13(2)16(14,15)12-10-5-7-11-8-6-10/h10-12H,3-9H2,1-2H3. The monoisotopic (exact) mass is 249 g/mol. The Labute approximate surface area is 98.8 Å². The topological polar surface area (TPSA) is 61.4 Å². The highest BCUT2D eigenvalue weighted by molar-refractivity contribution is 7.87. The fourth-order valence-corrected chi connectivity index (χ4v) is 2.95. The minimum absolute atomic E-state index is 0.0929. The molecule has 1 saturated heterocycles. The van der Waals surface area contributed by atoms with Crippen molar-refractivity contribution in [2.45, 2.75) is 38.6 Å². The quantitative estimate of drug-likeness (QED) is 0.712. The van der Waals surface area contributed by atoms with E-state index < -0.39 is 10.2 Å². The van der Waals surface area contributed by atoms with Crippen LogP contribution in [0.25, 0.3) is 0 Å². The molecule has 0 saturated carbocycles. The van der Waals surface area contributed by atoms with Crippen LogP contribution < -0.4 is 10.0 Å². The number of unbranched alkanes of at least 4 members (excludes halogenated alkanes) is 1. The van der Waals surface area contributed by atoms with E-state index in [9.17, 15) is 8.42 Å². The van der Waals surface area contributed by atoms with Crippen LogP contribution in [0.3, 0.4) is 0 Å². The molecule has 0 aromatic rings. The molecule has 1 aliphatic heterocycles. The first kappa shape index (κ1) is 13.9. The van der Waals surface area contributed by atoms with Crippen molar-refractivity contribution in [2.75, 3.05) is 26.7 Å². The van der Waals surface area contributed by atoms with Crippen molar-refractivity contribution in [1.82, 2.24) is 14.3 Å². The van der Waals surface area contributed by atoms with Crippen LogP contribution in [-0.2, 0) is 10.2 Å². The zero-order chi connectivity index (χ0) is 12.0. The second kappa shape index (κ2) is 6.54. The number of hydrogen-bond acceptors (Lipinski definition) is 3. The number of nitrogens with one attached hydrogen (secondary N) is 2. The van der Waals surface area contributed by atoms with Crippen LogP contribution in [0, 0.1) is 0 Å². The molecule has 1 heterocycles. The highest BCUT2D eigenvalue weighted by atomic mass is 32.2. The summed E-state index contributed by atoms with van der Waals surface area (Å²) in [6.45, 7) is 4.44. The van der Waals surface area contributed by atoms with Crippen molar-refractivity contribution in [1.29, 1.82) is 0 Å². The van der Waals surface area contributed by atoms with Gasteiger partial charge in [0.25, 0.3) is 10.2 Å². The Morgan fingerprint density at radius 1 is 1.38 bits per heavy atom. The van der Waals surface area contributed by atoms with E-state index in [2.05, 4.69) is 17.0 Å². The number of nitrogens with zero attached hydrogens (tertiary/aromatic N) is 1. The van der Waals surface area contributed by atoms with Gasteiger partial charge in [0, 0.05) is 19.6 Å². The molecule has 16 heavy (non-hydrogen) atoms. The maximum atomic E-state index is 11.9. The van der Waals surface area contributed by atoms with Crippen LogP contribution in [0.5, 0.6) is 0 Å². The van der Waals surface area contributed by atoms with Crippen molar-refractivity contribution in [3.8, 4) is 0 Å². The predicted molar refractivity (Wildman–Crippen MR) is 65.5 cm³/mol. The molecule has 1 fully saturated rings. The normalized spacial score (nSPS) is 19.2. The van der Waals surface area contributed by atoms with Crippen LogP contribution >= 0.6 is 0 Å². The van der Waals surface area contributed by atoms with Crippen LogP contribution in [0.1, 0.15) is 32.6 Å². The molecule has 0 bridgehead atoms. The SMILES string of the molecule is CCCCN(C)S(=O)(=O)NC1CCNCC1. The zero-order valence-corrected chi connectivity index (χ0v) is 11.0. The van der Waals surface area contributed by atoms with Gasteiger partial charge in [-0.2, -0.15) is 17.4 Å². The molecule has 0 amide bonds. The van der Waals surface area contributed by atoms with E-state index >= 15 is 0 Å². The fourth-order valence-electron chi connectivity index (χ4n) is 1.74. The van der Waals surface area contributed by atoms with E-state index in [1.165, 1.54) is 4.31 Å². The molecule has 0 aromatic heterocycles. The lowest BCUT2D eigenvalue weighted by Crippen LogP contribution is -2.47. The Kier molecular flexibility index (Phi) is 5.68. The van der Waals surface area contributed by atoms with Gasteiger partial charge >= 0.3 is 0 Å². The second-order valence-corrected chi connectivity index (χ2v) is 6.13. The highest BCUT2D eigenvalue weighted by Gasteiger charge is 2.22. The van der Waals surface area contributed by atoms with Crippen molar-refractivity contribution in [2.24, 2.45) is 0 Å². The molecular formula is C10H23N3O2S. The Morgan fingerprint density at radius 2 is 2.00 bits per heavy atom. The summed E-state index contributed by atoms with van der Waals surface area (Å²) < 4.78 is 28.0. The van der Waals surface area contributed by atoms with Crippen LogP contribution in [0.4, 0.5) is 0 Å². The molecule has 0 aliphatic carbocycles. The lowest BCUT2D eigenvalue weighted by Gasteiger charge is -2.26. The van der Waals surface area contributed by atoms with Gasteiger partial charge in [0.1, 0.15) is 0 Å². The highest BCUT2D eigenvalue weighted by Crippen LogP contribution is 2.06.